The number of aromatic nitrogens is 3. The largest absolute Gasteiger partial charge is 0.325 e. The minimum Gasteiger partial charge on any atom is -0.325 e. The molecule has 0 radical (unpaired) electrons. The number of nitrogens with zero attached hydrogens (tertiary/aromatic N) is 4. The third-order valence-corrected chi connectivity index (χ3v) is 6.70. The summed E-state index contributed by atoms with van der Waals surface area (Å²) in [4.78, 5) is 15.2. The van der Waals surface area contributed by atoms with Crippen molar-refractivity contribution in [3.63, 3.8) is 0 Å². The van der Waals surface area contributed by atoms with Crippen LogP contribution in [0.15, 0.2) is 53.7 Å². The van der Waals surface area contributed by atoms with Gasteiger partial charge in [0, 0.05) is 11.4 Å². The minimum atomic E-state index is -0.388. The molecule has 2 heterocycles. The van der Waals surface area contributed by atoms with E-state index in [0.717, 1.165) is 35.9 Å². The molecule has 6 nitrogen and oxygen atoms in total. The number of thioether (sulfide) groups is 1. The molecule has 1 aromatic heterocycles. The van der Waals surface area contributed by atoms with Crippen molar-refractivity contribution in [2.24, 2.45) is 0 Å². The smallest absolute Gasteiger partial charge is 0.237 e. The van der Waals surface area contributed by atoms with Gasteiger partial charge in [-0.1, -0.05) is 36.4 Å². The van der Waals surface area contributed by atoms with Gasteiger partial charge in [0.2, 0.25) is 5.91 Å². The zero-order valence-electron chi connectivity index (χ0n) is 18.4. The minimum absolute atomic E-state index is 0.101. The van der Waals surface area contributed by atoms with Crippen molar-refractivity contribution in [1.29, 1.82) is 0 Å². The Morgan fingerprint density at radius 1 is 1.09 bits per heavy atom. The van der Waals surface area contributed by atoms with Crippen molar-refractivity contribution in [3.05, 3.63) is 65.7 Å². The van der Waals surface area contributed by atoms with Crippen LogP contribution in [0.3, 0.4) is 0 Å². The first kappa shape index (κ1) is 22.5. The number of likely N-dealkylation sites (tertiary alicyclic amines) is 1. The molecule has 168 valence electrons. The van der Waals surface area contributed by atoms with Gasteiger partial charge in [-0.25, -0.2) is 4.39 Å². The van der Waals surface area contributed by atoms with Crippen LogP contribution in [0.5, 0.6) is 0 Å². The van der Waals surface area contributed by atoms with Crippen LogP contribution in [-0.4, -0.2) is 43.9 Å². The number of carbonyl (C=O) groups is 1. The Hall–Kier alpha value is -2.71. The van der Waals surface area contributed by atoms with E-state index < -0.39 is 0 Å². The number of benzene rings is 2. The van der Waals surface area contributed by atoms with Crippen LogP contribution in [0, 0.1) is 12.7 Å². The molecule has 4 rings (SSSR count). The van der Waals surface area contributed by atoms with Crippen LogP contribution in [0.1, 0.15) is 37.6 Å². The van der Waals surface area contributed by atoms with Gasteiger partial charge in [-0.05, 0) is 75.7 Å². The maximum Gasteiger partial charge on any atom is 0.237 e. The van der Waals surface area contributed by atoms with Crippen LogP contribution >= 0.6 is 11.8 Å². The number of nitrogens with one attached hydrogen (secondary N) is 1. The Bertz CT molecular complexity index is 1060. The van der Waals surface area contributed by atoms with E-state index in [1.807, 2.05) is 42.7 Å². The van der Waals surface area contributed by atoms with Crippen LogP contribution < -0.4 is 5.32 Å². The predicted molar refractivity (Wildman–Crippen MR) is 126 cm³/mol. The van der Waals surface area contributed by atoms with Crippen LogP contribution in [0.2, 0.25) is 0 Å². The highest BCUT2D eigenvalue weighted by Crippen LogP contribution is 2.28. The van der Waals surface area contributed by atoms with E-state index in [4.69, 9.17) is 0 Å². The molecule has 1 atom stereocenters. The van der Waals surface area contributed by atoms with Crippen LogP contribution in [0.4, 0.5) is 10.1 Å². The van der Waals surface area contributed by atoms with Gasteiger partial charge in [-0.15, -0.1) is 10.2 Å². The van der Waals surface area contributed by atoms with E-state index in [1.54, 1.807) is 12.1 Å². The molecule has 1 unspecified atom stereocenters. The Kier molecular flexibility index (Phi) is 7.22. The molecule has 2 aromatic carbocycles. The molecule has 0 spiro atoms. The van der Waals surface area contributed by atoms with Crippen LogP contribution in [0.25, 0.3) is 5.69 Å². The maximum absolute atomic E-state index is 13.6. The molecule has 1 saturated heterocycles. The molecule has 8 heteroatoms. The Balaban J connectivity index is 1.56. The van der Waals surface area contributed by atoms with Gasteiger partial charge >= 0.3 is 0 Å². The molecule has 3 aromatic rings. The first-order valence-corrected chi connectivity index (χ1v) is 11.8. The summed E-state index contributed by atoms with van der Waals surface area (Å²) in [6.07, 6.45) is 3.63. The number of rotatable bonds is 7. The van der Waals surface area contributed by atoms with Gasteiger partial charge in [0.15, 0.2) is 11.0 Å². The SMILES string of the molecule is Cc1ccccc1NC(=O)C(C)Sc1nnc(CN2CCCCC2)n1-c1ccc(F)cc1. The lowest BCUT2D eigenvalue weighted by Gasteiger charge is -2.26. The average molecular weight is 454 g/mol. The van der Waals surface area contributed by atoms with Crippen molar-refractivity contribution >= 4 is 23.4 Å². The summed E-state index contributed by atoms with van der Waals surface area (Å²) in [5.41, 5.74) is 2.60. The second kappa shape index (κ2) is 10.3. The van der Waals surface area contributed by atoms with E-state index in [1.165, 1.54) is 43.2 Å². The van der Waals surface area contributed by atoms with Crippen molar-refractivity contribution in [2.45, 2.75) is 50.1 Å². The normalized spacial score (nSPS) is 15.5. The lowest BCUT2D eigenvalue weighted by molar-refractivity contribution is -0.115. The molecule has 0 aliphatic carbocycles. The molecule has 32 heavy (non-hydrogen) atoms. The number of amides is 1. The Morgan fingerprint density at radius 3 is 2.53 bits per heavy atom. The van der Waals surface area contributed by atoms with Gasteiger partial charge in [-0.2, -0.15) is 0 Å². The molecule has 1 fully saturated rings. The second-order valence-electron chi connectivity index (χ2n) is 8.11. The Labute approximate surface area is 192 Å². The zero-order chi connectivity index (χ0) is 22.5. The topological polar surface area (TPSA) is 63.1 Å². The highest BCUT2D eigenvalue weighted by atomic mass is 32.2. The van der Waals surface area contributed by atoms with Crippen molar-refractivity contribution in [3.8, 4) is 5.69 Å². The van der Waals surface area contributed by atoms with E-state index in [9.17, 15) is 9.18 Å². The summed E-state index contributed by atoms with van der Waals surface area (Å²) >= 11 is 1.35. The Morgan fingerprint density at radius 2 is 1.81 bits per heavy atom. The first-order valence-electron chi connectivity index (χ1n) is 11.0. The fraction of sp³-hybridized carbons (Fsp3) is 0.375. The molecule has 0 saturated carbocycles. The number of para-hydroxylation sites is 1. The van der Waals surface area contributed by atoms with E-state index in [0.29, 0.717) is 11.7 Å². The summed E-state index contributed by atoms with van der Waals surface area (Å²) in [7, 11) is 0. The van der Waals surface area contributed by atoms with Gasteiger partial charge in [0.05, 0.1) is 11.8 Å². The van der Waals surface area contributed by atoms with E-state index in [2.05, 4.69) is 20.4 Å². The van der Waals surface area contributed by atoms with Gasteiger partial charge in [0.25, 0.3) is 0 Å². The fourth-order valence-corrected chi connectivity index (χ4v) is 4.69. The summed E-state index contributed by atoms with van der Waals surface area (Å²) in [6.45, 7) is 6.56. The molecule has 0 bridgehead atoms. The maximum atomic E-state index is 13.6. The lowest BCUT2D eigenvalue weighted by atomic mass is 10.1. The monoisotopic (exact) mass is 453 g/mol. The van der Waals surface area contributed by atoms with E-state index >= 15 is 0 Å². The first-order chi connectivity index (χ1) is 15.5. The molecular weight excluding hydrogens is 425 g/mol. The summed E-state index contributed by atoms with van der Waals surface area (Å²) in [5, 5.41) is 12.1. The molecule has 1 N–H and O–H groups in total. The third kappa shape index (κ3) is 5.37. The van der Waals surface area contributed by atoms with Crippen LogP contribution in [-0.2, 0) is 11.3 Å². The van der Waals surface area contributed by atoms with Crippen molar-refractivity contribution < 1.29 is 9.18 Å². The fourth-order valence-electron chi connectivity index (χ4n) is 3.81. The highest BCUT2D eigenvalue weighted by Gasteiger charge is 2.23. The van der Waals surface area contributed by atoms with Gasteiger partial charge in [-0.3, -0.25) is 14.3 Å². The number of piperidine rings is 1. The number of hydrogen-bond donors (Lipinski definition) is 1. The number of hydrogen-bond acceptors (Lipinski definition) is 5. The third-order valence-electron chi connectivity index (χ3n) is 5.65. The standard InChI is InChI=1S/C24H28FN5OS/c1-17-8-4-5-9-21(17)26-23(31)18(2)32-24-28-27-22(16-29-14-6-3-7-15-29)30(24)20-12-10-19(25)11-13-20/h4-5,8-13,18H,3,6-7,14-16H2,1-2H3,(H,26,31). The number of carbonyl (C=O) groups excluding carboxylic acids is 1. The quantitative estimate of drug-likeness (QED) is 0.520. The van der Waals surface area contributed by atoms with Gasteiger partial charge in [0.1, 0.15) is 5.82 Å². The van der Waals surface area contributed by atoms with Crippen molar-refractivity contribution in [2.75, 3.05) is 18.4 Å². The van der Waals surface area contributed by atoms with E-state index in [-0.39, 0.29) is 17.0 Å². The van der Waals surface area contributed by atoms with Gasteiger partial charge < -0.3 is 5.32 Å². The summed E-state index contributed by atoms with van der Waals surface area (Å²) < 4.78 is 15.5. The second-order valence-corrected chi connectivity index (χ2v) is 9.42. The lowest BCUT2D eigenvalue weighted by Crippen LogP contribution is -2.30. The number of halogens is 1. The molecule has 1 aliphatic heterocycles. The zero-order valence-corrected chi connectivity index (χ0v) is 19.2. The predicted octanol–water partition coefficient (Wildman–Crippen LogP) is 4.82. The van der Waals surface area contributed by atoms with Crippen molar-refractivity contribution in [1.82, 2.24) is 19.7 Å². The number of anilines is 1. The number of aryl methyl sites for hydroxylation is 1. The molecular formula is C24H28FN5OS. The molecule has 1 aliphatic rings. The molecule has 1 amide bonds. The summed E-state index contributed by atoms with van der Waals surface area (Å²) in [5.74, 6) is 0.405. The summed E-state index contributed by atoms with van der Waals surface area (Å²) in [6, 6.07) is 14.0. The average Bonchev–Trinajstić information content (AvgIpc) is 3.18. The highest BCUT2D eigenvalue weighted by molar-refractivity contribution is 8.00.